The second kappa shape index (κ2) is 3.43. The van der Waals surface area contributed by atoms with Crippen LogP contribution in [0.2, 0.25) is 0 Å². The highest BCUT2D eigenvalue weighted by Crippen LogP contribution is 2.35. The maximum absolute atomic E-state index is 9.08. The molecule has 0 radical (unpaired) electrons. The van der Waals surface area contributed by atoms with Gasteiger partial charge in [0, 0.05) is 10.4 Å². The van der Waals surface area contributed by atoms with Gasteiger partial charge in [-0.25, -0.2) is 4.98 Å². The Morgan fingerprint density at radius 3 is 3.00 bits per heavy atom. The largest absolute Gasteiger partial charge is 0.389 e. The number of hydrogen-bond acceptors (Lipinski definition) is 3. The van der Waals surface area contributed by atoms with E-state index in [1.54, 1.807) is 11.3 Å². The van der Waals surface area contributed by atoms with Gasteiger partial charge in [0.15, 0.2) is 0 Å². The van der Waals surface area contributed by atoms with Crippen molar-refractivity contribution in [2.75, 3.05) is 0 Å². The van der Waals surface area contributed by atoms with E-state index in [9.17, 15) is 0 Å². The summed E-state index contributed by atoms with van der Waals surface area (Å²) in [5.41, 5.74) is 3.71. The van der Waals surface area contributed by atoms with Crippen molar-refractivity contribution < 1.29 is 5.11 Å². The fourth-order valence-electron chi connectivity index (χ4n) is 2.07. The number of hydrogen-bond donors (Lipinski definition) is 1. The zero-order chi connectivity index (χ0) is 10.3. The number of rotatable bonds is 1. The molecule has 0 unspecified atom stereocenters. The summed E-state index contributed by atoms with van der Waals surface area (Å²) in [5, 5.41) is 9.91. The topological polar surface area (TPSA) is 33.1 Å². The van der Waals surface area contributed by atoms with Gasteiger partial charge in [0.05, 0.1) is 12.3 Å². The van der Waals surface area contributed by atoms with Gasteiger partial charge >= 0.3 is 0 Å². The van der Waals surface area contributed by atoms with E-state index >= 15 is 0 Å². The second-order valence-electron chi connectivity index (χ2n) is 3.69. The third-order valence-electron chi connectivity index (χ3n) is 2.77. The van der Waals surface area contributed by atoms with Crippen molar-refractivity contribution in [3.8, 4) is 11.3 Å². The van der Waals surface area contributed by atoms with E-state index in [2.05, 4.69) is 23.2 Å². The Hall–Kier alpha value is -1.19. The summed E-state index contributed by atoms with van der Waals surface area (Å²) in [4.78, 5) is 5.80. The van der Waals surface area contributed by atoms with Crippen LogP contribution in [-0.4, -0.2) is 10.1 Å². The van der Waals surface area contributed by atoms with Crippen LogP contribution in [0.25, 0.3) is 11.3 Å². The smallest absolute Gasteiger partial charge is 0.119 e. The lowest BCUT2D eigenvalue weighted by Gasteiger charge is -2.13. The highest BCUT2D eigenvalue weighted by molar-refractivity contribution is 7.12. The summed E-state index contributed by atoms with van der Waals surface area (Å²) in [7, 11) is 0. The molecule has 1 aromatic carbocycles. The summed E-state index contributed by atoms with van der Waals surface area (Å²) in [6.45, 7) is 0.0554. The van der Waals surface area contributed by atoms with Crippen molar-refractivity contribution in [1.82, 2.24) is 4.98 Å². The Labute approximate surface area is 92.2 Å². The van der Waals surface area contributed by atoms with Gasteiger partial charge in [0.1, 0.15) is 5.01 Å². The molecule has 0 spiro atoms. The molecule has 1 N–H and O–H groups in total. The normalized spacial score (nSPS) is 13.4. The van der Waals surface area contributed by atoms with Gasteiger partial charge in [-0.15, -0.1) is 11.3 Å². The third-order valence-corrected chi connectivity index (χ3v) is 3.87. The van der Waals surface area contributed by atoms with Gasteiger partial charge in [-0.2, -0.15) is 0 Å². The van der Waals surface area contributed by atoms with E-state index < -0.39 is 0 Å². The Bertz CT molecular complexity index is 504. The molecule has 76 valence electrons. The van der Waals surface area contributed by atoms with E-state index in [1.165, 1.54) is 16.0 Å². The standard InChI is InChI=1S/C12H11NOS/c14-7-11-13-12-9-4-2-1-3-8(9)5-6-10(12)15-11/h1-4,14H,5-7H2. The lowest BCUT2D eigenvalue weighted by molar-refractivity contribution is 0.281. The Kier molecular flexibility index (Phi) is 2.08. The molecule has 0 bridgehead atoms. The number of aliphatic hydroxyl groups is 1. The molecule has 0 aliphatic heterocycles. The van der Waals surface area contributed by atoms with Crippen molar-refractivity contribution in [2.45, 2.75) is 19.4 Å². The average molecular weight is 217 g/mol. The van der Waals surface area contributed by atoms with E-state index in [-0.39, 0.29) is 6.61 Å². The summed E-state index contributed by atoms with van der Waals surface area (Å²) in [5.74, 6) is 0. The zero-order valence-electron chi connectivity index (χ0n) is 8.23. The van der Waals surface area contributed by atoms with Crippen LogP contribution in [0.1, 0.15) is 15.4 Å². The minimum Gasteiger partial charge on any atom is -0.389 e. The summed E-state index contributed by atoms with van der Waals surface area (Å²) >= 11 is 1.64. The van der Waals surface area contributed by atoms with Crippen LogP contribution in [0, 0.1) is 0 Å². The van der Waals surface area contributed by atoms with Crippen molar-refractivity contribution >= 4 is 11.3 Å². The Balaban J connectivity index is 2.20. The first kappa shape index (κ1) is 9.07. The summed E-state index contributed by atoms with van der Waals surface area (Å²) in [6, 6.07) is 8.40. The molecule has 0 saturated carbocycles. The second-order valence-corrected chi connectivity index (χ2v) is 4.86. The van der Waals surface area contributed by atoms with Gasteiger partial charge < -0.3 is 5.11 Å². The highest BCUT2D eigenvalue weighted by atomic mass is 32.1. The molecule has 0 amide bonds. The molecular formula is C12H11NOS. The summed E-state index contributed by atoms with van der Waals surface area (Å²) < 4.78 is 0. The molecule has 2 aromatic rings. The first-order valence-corrected chi connectivity index (χ1v) is 5.88. The predicted octanol–water partition coefficient (Wildman–Crippen LogP) is 2.40. The number of aryl methyl sites for hydroxylation is 2. The molecule has 1 aliphatic rings. The maximum Gasteiger partial charge on any atom is 0.119 e. The molecule has 0 fully saturated rings. The van der Waals surface area contributed by atoms with Crippen molar-refractivity contribution in [2.24, 2.45) is 0 Å². The van der Waals surface area contributed by atoms with E-state index in [1.807, 2.05) is 6.07 Å². The first-order chi connectivity index (χ1) is 7.38. The molecule has 15 heavy (non-hydrogen) atoms. The molecule has 2 nitrogen and oxygen atoms in total. The van der Waals surface area contributed by atoms with Crippen LogP contribution in [0.4, 0.5) is 0 Å². The van der Waals surface area contributed by atoms with Gasteiger partial charge in [-0.3, -0.25) is 0 Å². The maximum atomic E-state index is 9.08. The van der Waals surface area contributed by atoms with Gasteiger partial charge in [-0.05, 0) is 18.4 Å². The molecule has 1 aromatic heterocycles. The minimum absolute atomic E-state index is 0.0554. The molecule has 3 heteroatoms. The van der Waals surface area contributed by atoms with E-state index in [4.69, 9.17) is 5.11 Å². The van der Waals surface area contributed by atoms with Crippen LogP contribution >= 0.6 is 11.3 Å². The van der Waals surface area contributed by atoms with Crippen LogP contribution in [0.15, 0.2) is 24.3 Å². The van der Waals surface area contributed by atoms with E-state index in [0.717, 1.165) is 23.5 Å². The van der Waals surface area contributed by atoms with Gasteiger partial charge in [-0.1, -0.05) is 24.3 Å². The van der Waals surface area contributed by atoms with Crippen LogP contribution in [0.5, 0.6) is 0 Å². The number of benzene rings is 1. The Morgan fingerprint density at radius 1 is 1.27 bits per heavy atom. The molecule has 1 heterocycles. The number of nitrogens with zero attached hydrogens (tertiary/aromatic N) is 1. The van der Waals surface area contributed by atoms with Gasteiger partial charge in [0.2, 0.25) is 0 Å². The number of aromatic nitrogens is 1. The fourth-order valence-corrected chi connectivity index (χ4v) is 3.01. The lowest BCUT2D eigenvalue weighted by atomic mass is 9.94. The molecule has 0 saturated heterocycles. The quantitative estimate of drug-likeness (QED) is 0.795. The molecule has 0 atom stereocenters. The minimum atomic E-state index is 0.0554. The SMILES string of the molecule is OCc1nc2c(s1)CCc1ccccc1-2. The van der Waals surface area contributed by atoms with E-state index in [0.29, 0.717) is 0 Å². The number of aliphatic hydroxyl groups excluding tert-OH is 1. The monoisotopic (exact) mass is 217 g/mol. The fraction of sp³-hybridized carbons (Fsp3) is 0.250. The number of thiazole rings is 1. The zero-order valence-corrected chi connectivity index (χ0v) is 9.05. The molecule has 1 aliphatic carbocycles. The number of fused-ring (bicyclic) bond motifs is 3. The van der Waals surface area contributed by atoms with Crippen molar-refractivity contribution in [3.63, 3.8) is 0 Å². The van der Waals surface area contributed by atoms with Crippen LogP contribution < -0.4 is 0 Å². The summed E-state index contributed by atoms with van der Waals surface area (Å²) in [6.07, 6.45) is 2.15. The first-order valence-electron chi connectivity index (χ1n) is 5.06. The predicted molar refractivity (Wildman–Crippen MR) is 60.9 cm³/mol. The van der Waals surface area contributed by atoms with Gasteiger partial charge in [0.25, 0.3) is 0 Å². The Morgan fingerprint density at radius 2 is 2.13 bits per heavy atom. The van der Waals surface area contributed by atoms with Crippen LogP contribution in [-0.2, 0) is 19.4 Å². The average Bonchev–Trinajstić information content (AvgIpc) is 2.72. The third kappa shape index (κ3) is 1.39. The van der Waals surface area contributed by atoms with Crippen LogP contribution in [0.3, 0.4) is 0 Å². The van der Waals surface area contributed by atoms with Crippen molar-refractivity contribution in [1.29, 1.82) is 0 Å². The lowest BCUT2D eigenvalue weighted by Crippen LogP contribution is -2.01. The molecule has 3 rings (SSSR count). The highest BCUT2D eigenvalue weighted by Gasteiger charge is 2.19. The molecular weight excluding hydrogens is 206 g/mol. The van der Waals surface area contributed by atoms with Crippen molar-refractivity contribution in [3.05, 3.63) is 39.7 Å².